The van der Waals surface area contributed by atoms with Crippen LogP contribution in [0.2, 0.25) is 0 Å². The van der Waals surface area contributed by atoms with E-state index in [1.54, 1.807) is 0 Å². The first-order valence-corrected chi connectivity index (χ1v) is 0. The van der Waals surface area contributed by atoms with E-state index in [2.05, 4.69) is 0 Å². The third-order valence-electron chi connectivity index (χ3n) is 0. The summed E-state index contributed by atoms with van der Waals surface area (Å²) in [6, 6.07) is 0. The number of hydrogen-bond acceptors (Lipinski definition) is 0. The first-order valence-electron chi connectivity index (χ1n) is 0. The normalized spacial score (nSPS) is 0. The maximum atomic E-state index is 0. The molecule has 0 unspecified atom stereocenters. The summed E-state index contributed by atoms with van der Waals surface area (Å²) in [7, 11) is 0. The SMILES string of the molecule is [Au].[Au].[Au].[Mn]. The summed E-state index contributed by atoms with van der Waals surface area (Å²) in [6.07, 6.45) is 0. The average molecular weight is 646 g/mol. The van der Waals surface area contributed by atoms with Crippen LogP contribution in [0.25, 0.3) is 0 Å². The van der Waals surface area contributed by atoms with E-state index in [4.69, 9.17) is 0 Å². The van der Waals surface area contributed by atoms with Gasteiger partial charge in [0.2, 0.25) is 0 Å². The van der Waals surface area contributed by atoms with Gasteiger partial charge in [-0.3, -0.25) is 0 Å². The van der Waals surface area contributed by atoms with Gasteiger partial charge in [-0.1, -0.05) is 0 Å². The van der Waals surface area contributed by atoms with Crippen molar-refractivity contribution in [2.45, 2.75) is 0 Å². The molecule has 4 radical (unpaired) electrons. The first-order chi connectivity index (χ1) is 0. The van der Waals surface area contributed by atoms with Crippen molar-refractivity contribution in [3.63, 3.8) is 0 Å². The van der Waals surface area contributed by atoms with Crippen LogP contribution in [0.5, 0.6) is 0 Å². The summed E-state index contributed by atoms with van der Waals surface area (Å²) >= 11 is 0. The molecular formula is Au3Mn. The van der Waals surface area contributed by atoms with Gasteiger partial charge in [0.05, 0.1) is 0 Å². The number of hydrogen-bond donors (Lipinski definition) is 0. The van der Waals surface area contributed by atoms with E-state index in [1.807, 2.05) is 0 Å². The van der Waals surface area contributed by atoms with Crippen LogP contribution in [0.4, 0.5) is 0 Å². The molecule has 0 N–H and O–H groups in total. The Kier molecular flexibility index (Phi) is 127. The van der Waals surface area contributed by atoms with Crippen LogP contribution in [0.3, 0.4) is 0 Å². The molecule has 0 aromatic carbocycles. The van der Waals surface area contributed by atoms with E-state index >= 15 is 0 Å². The van der Waals surface area contributed by atoms with Gasteiger partial charge in [0.25, 0.3) is 0 Å². The largest absolute Gasteiger partial charge is 0 e. The molecule has 0 aliphatic rings. The van der Waals surface area contributed by atoms with E-state index in [0.29, 0.717) is 0 Å². The molecule has 4 heavy (non-hydrogen) atoms. The van der Waals surface area contributed by atoms with Gasteiger partial charge in [-0.25, -0.2) is 0 Å². The second-order valence-electron chi connectivity index (χ2n) is 0. The molecule has 0 saturated carbocycles. The molecule has 0 fully saturated rings. The van der Waals surface area contributed by atoms with E-state index in [1.165, 1.54) is 0 Å². The quantitative estimate of drug-likeness (QED) is 0.326. The molecule has 0 aromatic heterocycles. The monoisotopic (exact) mass is 646 g/mol. The third kappa shape index (κ3) is 8.83. The Morgan fingerprint density at radius 1 is 0.500 bits per heavy atom. The Labute approximate surface area is 82.9 Å². The minimum absolute atomic E-state index is 0. The molecule has 0 heterocycles. The zero-order valence-corrected chi connectivity index (χ0v) is 8.96. The van der Waals surface area contributed by atoms with Crippen molar-refractivity contribution < 1.29 is 84.2 Å². The summed E-state index contributed by atoms with van der Waals surface area (Å²) in [5.74, 6) is 0. The molecule has 0 amide bonds. The van der Waals surface area contributed by atoms with Gasteiger partial charge in [-0.2, -0.15) is 0 Å². The molecule has 0 aliphatic heterocycles. The first kappa shape index (κ1) is 29.6. The molecule has 0 atom stereocenters. The smallest absolute Gasteiger partial charge is 0 e. The molecule has 0 aromatic rings. The van der Waals surface area contributed by atoms with Crippen molar-refractivity contribution in [3.05, 3.63) is 0 Å². The summed E-state index contributed by atoms with van der Waals surface area (Å²) in [6.45, 7) is 0. The van der Waals surface area contributed by atoms with Gasteiger partial charge in [-0.15, -0.1) is 0 Å². The van der Waals surface area contributed by atoms with Gasteiger partial charge < -0.3 is 0 Å². The fourth-order valence-corrected chi connectivity index (χ4v) is 0. The minimum Gasteiger partial charge on any atom is 0 e. The molecule has 0 saturated heterocycles. The predicted octanol–water partition coefficient (Wildman–Crippen LogP) is -0.0100. The van der Waals surface area contributed by atoms with Gasteiger partial charge in [0.15, 0.2) is 0 Å². The van der Waals surface area contributed by atoms with Crippen molar-refractivity contribution in [2.75, 3.05) is 0 Å². The Hall–Kier alpha value is 2.74. The van der Waals surface area contributed by atoms with Crippen LogP contribution >= 0.6 is 0 Å². The summed E-state index contributed by atoms with van der Waals surface area (Å²) in [5, 5.41) is 0. The van der Waals surface area contributed by atoms with Crippen LogP contribution in [-0.4, -0.2) is 0 Å². The van der Waals surface area contributed by atoms with Crippen LogP contribution in [0.1, 0.15) is 0 Å². The van der Waals surface area contributed by atoms with Gasteiger partial charge in [0.1, 0.15) is 0 Å². The Balaban J connectivity index is 0. The van der Waals surface area contributed by atoms with Gasteiger partial charge in [-0.05, 0) is 0 Å². The van der Waals surface area contributed by atoms with Crippen molar-refractivity contribution in [1.82, 2.24) is 0 Å². The molecule has 0 spiro atoms. The predicted molar refractivity (Wildman–Crippen MR) is 0 cm³/mol. The summed E-state index contributed by atoms with van der Waals surface area (Å²) in [5.41, 5.74) is 0. The molecule has 0 nitrogen and oxygen atoms in total. The van der Waals surface area contributed by atoms with E-state index in [-0.39, 0.29) is 84.2 Å². The molecule has 0 bridgehead atoms. The minimum atomic E-state index is 0. The second kappa shape index (κ2) is 17.2. The zero-order chi connectivity index (χ0) is 0. The molecule has 4 heteroatoms. The van der Waals surface area contributed by atoms with Crippen molar-refractivity contribution in [1.29, 1.82) is 0 Å². The number of rotatable bonds is 0. The van der Waals surface area contributed by atoms with Crippen molar-refractivity contribution in [3.8, 4) is 0 Å². The standard InChI is InChI=1S/3Au.Mn. The second-order valence-corrected chi connectivity index (χ2v) is 0. The maximum Gasteiger partial charge on any atom is 0 e. The van der Waals surface area contributed by atoms with E-state index < -0.39 is 0 Å². The topological polar surface area (TPSA) is 0 Å². The fraction of sp³-hybridized carbons (Fsp3) is 0. The third-order valence-corrected chi connectivity index (χ3v) is 0. The van der Waals surface area contributed by atoms with Crippen LogP contribution in [0, 0.1) is 0 Å². The fourth-order valence-electron chi connectivity index (χ4n) is 0. The van der Waals surface area contributed by atoms with Gasteiger partial charge in [0, 0.05) is 84.2 Å². The zero-order valence-electron chi connectivity index (χ0n) is 1.28. The van der Waals surface area contributed by atoms with Crippen LogP contribution in [-0.2, 0) is 84.2 Å². The molecule has 0 rings (SSSR count). The van der Waals surface area contributed by atoms with E-state index in [0.717, 1.165) is 0 Å². The van der Waals surface area contributed by atoms with Gasteiger partial charge >= 0.3 is 0 Å². The van der Waals surface area contributed by atoms with Crippen molar-refractivity contribution >= 4 is 0 Å². The molecule has 40 valence electrons. The van der Waals surface area contributed by atoms with Crippen LogP contribution in [0.15, 0.2) is 0 Å². The Morgan fingerprint density at radius 2 is 0.500 bits per heavy atom. The summed E-state index contributed by atoms with van der Waals surface area (Å²) < 4.78 is 0. The molecular weight excluding hydrogens is 646 g/mol. The van der Waals surface area contributed by atoms with Crippen molar-refractivity contribution in [2.24, 2.45) is 0 Å². The van der Waals surface area contributed by atoms with Crippen LogP contribution < -0.4 is 0 Å². The van der Waals surface area contributed by atoms with E-state index in [9.17, 15) is 0 Å². The Morgan fingerprint density at radius 3 is 0.500 bits per heavy atom. The average Bonchev–Trinajstić information content (AvgIpc) is 0. The molecule has 0 aliphatic carbocycles. The summed E-state index contributed by atoms with van der Waals surface area (Å²) in [4.78, 5) is 0. The Bertz CT molecular complexity index is 3.25. The maximum absolute atomic E-state index is 0.